The maximum absolute atomic E-state index is 12.6. The summed E-state index contributed by atoms with van der Waals surface area (Å²) in [4.78, 5) is 20.6. The second-order valence-corrected chi connectivity index (χ2v) is 7.34. The van der Waals surface area contributed by atoms with E-state index in [0.717, 1.165) is 22.7 Å². The van der Waals surface area contributed by atoms with E-state index >= 15 is 0 Å². The molecule has 1 amide bonds. The molecule has 3 aromatic heterocycles. The van der Waals surface area contributed by atoms with Crippen molar-refractivity contribution in [1.29, 1.82) is 0 Å². The Morgan fingerprint density at radius 2 is 2.32 bits per heavy atom. The maximum atomic E-state index is 12.6. The first kappa shape index (κ1) is 15.9. The lowest BCUT2D eigenvalue weighted by atomic mass is 10.3. The third-order valence-corrected chi connectivity index (χ3v) is 5.28. The van der Waals surface area contributed by atoms with E-state index in [1.807, 2.05) is 30.9 Å². The van der Waals surface area contributed by atoms with E-state index in [0.29, 0.717) is 30.4 Å². The summed E-state index contributed by atoms with van der Waals surface area (Å²) >= 11 is 1.53. The summed E-state index contributed by atoms with van der Waals surface area (Å²) in [5.41, 5.74) is 0.561. The van der Waals surface area contributed by atoms with E-state index in [4.69, 9.17) is 4.52 Å². The van der Waals surface area contributed by atoms with Gasteiger partial charge in [0.2, 0.25) is 0 Å². The highest BCUT2D eigenvalue weighted by atomic mass is 32.1. The Kier molecular flexibility index (Phi) is 4.08. The summed E-state index contributed by atoms with van der Waals surface area (Å²) < 4.78 is 6.99. The van der Waals surface area contributed by atoms with Gasteiger partial charge < -0.3 is 9.42 Å². The van der Waals surface area contributed by atoms with Crippen molar-refractivity contribution in [3.63, 3.8) is 0 Å². The largest absolute Gasteiger partial charge is 0.336 e. The van der Waals surface area contributed by atoms with Gasteiger partial charge in [-0.1, -0.05) is 17.3 Å². The zero-order valence-corrected chi connectivity index (χ0v) is 14.9. The average Bonchev–Trinajstić information content (AvgIpc) is 3.37. The van der Waals surface area contributed by atoms with Crippen LogP contribution in [0.2, 0.25) is 0 Å². The molecule has 0 aromatic carbocycles. The van der Waals surface area contributed by atoms with Crippen molar-refractivity contribution >= 4 is 17.2 Å². The average molecular weight is 358 g/mol. The normalized spacial score (nSPS) is 17.4. The van der Waals surface area contributed by atoms with Gasteiger partial charge in [0.1, 0.15) is 0 Å². The SMILES string of the molecule is CCc1noc(-c2cn([C@H]3CCN(C(=O)c4ccc(C)s4)C3)nn2)n1. The van der Waals surface area contributed by atoms with Gasteiger partial charge in [0.15, 0.2) is 11.5 Å². The van der Waals surface area contributed by atoms with Crippen LogP contribution >= 0.6 is 11.3 Å². The molecule has 1 atom stereocenters. The molecule has 0 unspecified atom stereocenters. The molecule has 8 nitrogen and oxygen atoms in total. The van der Waals surface area contributed by atoms with Gasteiger partial charge in [-0.05, 0) is 25.5 Å². The van der Waals surface area contributed by atoms with Crippen molar-refractivity contribution in [2.75, 3.05) is 13.1 Å². The molecule has 0 saturated carbocycles. The van der Waals surface area contributed by atoms with Gasteiger partial charge in [-0.15, -0.1) is 16.4 Å². The highest BCUT2D eigenvalue weighted by Crippen LogP contribution is 2.26. The first-order chi connectivity index (χ1) is 12.1. The molecule has 3 aromatic rings. The van der Waals surface area contributed by atoms with Crippen LogP contribution in [0.3, 0.4) is 0 Å². The van der Waals surface area contributed by atoms with Crippen LogP contribution in [0.1, 0.15) is 39.8 Å². The van der Waals surface area contributed by atoms with Crippen molar-refractivity contribution in [2.24, 2.45) is 0 Å². The zero-order chi connectivity index (χ0) is 17.4. The number of hydrogen-bond acceptors (Lipinski definition) is 7. The topological polar surface area (TPSA) is 89.9 Å². The van der Waals surface area contributed by atoms with Crippen LogP contribution < -0.4 is 0 Å². The lowest BCUT2D eigenvalue weighted by molar-refractivity contribution is 0.0791. The molecule has 0 radical (unpaired) electrons. The molecular weight excluding hydrogens is 340 g/mol. The molecule has 25 heavy (non-hydrogen) atoms. The minimum Gasteiger partial charge on any atom is -0.336 e. The molecule has 1 aliphatic heterocycles. The summed E-state index contributed by atoms with van der Waals surface area (Å²) in [5.74, 6) is 1.11. The van der Waals surface area contributed by atoms with Crippen LogP contribution in [0, 0.1) is 6.92 Å². The summed E-state index contributed by atoms with van der Waals surface area (Å²) in [7, 11) is 0. The van der Waals surface area contributed by atoms with Gasteiger partial charge >= 0.3 is 0 Å². The quantitative estimate of drug-likeness (QED) is 0.711. The Morgan fingerprint density at radius 3 is 3.04 bits per heavy atom. The fraction of sp³-hybridized carbons (Fsp3) is 0.438. The van der Waals surface area contributed by atoms with Crippen LogP contribution in [-0.2, 0) is 6.42 Å². The van der Waals surface area contributed by atoms with Crippen LogP contribution in [0.5, 0.6) is 0 Å². The van der Waals surface area contributed by atoms with E-state index in [2.05, 4.69) is 20.5 Å². The van der Waals surface area contributed by atoms with E-state index in [-0.39, 0.29) is 11.9 Å². The van der Waals surface area contributed by atoms with Gasteiger partial charge in [0.05, 0.1) is 17.1 Å². The molecule has 4 rings (SSSR count). The molecule has 1 aliphatic rings. The van der Waals surface area contributed by atoms with Gasteiger partial charge in [-0.3, -0.25) is 4.79 Å². The maximum Gasteiger partial charge on any atom is 0.280 e. The standard InChI is InChI=1S/C16H18N6O2S/c1-3-14-17-15(24-19-14)12-9-22(20-18-12)11-6-7-21(8-11)16(23)13-5-4-10(2)25-13/h4-5,9,11H,3,6-8H2,1-2H3/t11-/m0/s1. The minimum absolute atomic E-state index is 0.0884. The van der Waals surface area contributed by atoms with Crippen molar-refractivity contribution in [1.82, 2.24) is 30.0 Å². The number of nitrogens with zero attached hydrogens (tertiary/aromatic N) is 6. The highest BCUT2D eigenvalue weighted by Gasteiger charge is 2.29. The van der Waals surface area contributed by atoms with Crippen molar-refractivity contribution in [3.8, 4) is 11.6 Å². The number of aryl methyl sites for hydroxylation is 2. The number of carbonyl (C=O) groups is 1. The second-order valence-electron chi connectivity index (χ2n) is 6.06. The Bertz CT molecular complexity index is 898. The van der Waals surface area contributed by atoms with Gasteiger partial charge in [-0.25, -0.2) is 4.68 Å². The predicted molar refractivity (Wildman–Crippen MR) is 91.3 cm³/mol. The Morgan fingerprint density at radius 1 is 1.44 bits per heavy atom. The smallest absolute Gasteiger partial charge is 0.280 e. The number of hydrogen-bond donors (Lipinski definition) is 0. The molecule has 130 valence electrons. The van der Waals surface area contributed by atoms with Crippen molar-refractivity contribution in [3.05, 3.63) is 33.9 Å². The van der Waals surface area contributed by atoms with E-state index in [1.165, 1.54) is 11.3 Å². The third-order valence-electron chi connectivity index (χ3n) is 4.29. The fourth-order valence-corrected chi connectivity index (χ4v) is 3.74. The van der Waals surface area contributed by atoms with Gasteiger partial charge in [-0.2, -0.15) is 4.98 Å². The van der Waals surface area contributed by atoms with Crippen molar-refractivity contribution < 1.29 is 9.32 Å². The van der Waals surface area contributed by atoms with Gasteiger partial charge in [0, 0.05) is 24.4 Å². The third kappa shape index (κ3) is 3.07. The van der Waals surface area contributed by atoms with Crippen LogP contribution in [0.4, 0.5) is 0 Å². The molecule has 0 bridgehead atoms. The number of aromatic nitrogens is 5. The molecule has 0 N–H and O–H groups in total. The number of carbonyl (C=O) groups excluding carboxylic acids is 1. The van der Waals surface area contributed by atoms with Crippen molar-refractivity contribution in [2.45, 2.75) is 32.7 Å². The Hall–Kier alpha value is -2.55. The molecule has 9 heteroatoms. The molecule has 1 fully saturated rings. The molecule has 1 saturated heterocycles. The minimum atomic E-state index is 0.0884. The number of amides is 1. The first-order valence-corrected chi connectivity index (χ1v) is 9.06. The molecule has 4 heterocycles. The fourth-order valence-electron chi connectivity index (χ4n) is 2.90. The van der Waals surface area contributed by atoms with E-state index in [9.17, 15) is 4.79 Å². The predicted octanol–water partition coefficient (Wildman–Crippen LogP) is 2.35. The van der Waals surface area contributed by atoms with Gasteiger partial charge in [0.25, 0.3) is 11.8 Å². The first-order valence-electron chi connectivity index (χ1n) is 8.24. The summed E-state index contributed by atoms with van der Waals surface area (Å²) in [6, 6.07) is 3.98. The molecular formula is C16H18N6O2S. The van der Waals surface area contributed by atoms with Crippen LogP contribution in [-0.4, -0.2) is 49.0 Å². The summed E-state index contributed by atoms with van der Waals surface area (Å²) in [5, 5.41) is 12.2. The summed E-state index contributed by atoms with van der Waals surface area (Å²) in [6.07, 6.45) is 3.36. The lowest BCUT2D eigenvalue weighted by Crippen LogP contribution is -2.28. The van der Waals surface area contributed by atoms with E-state index < -0.39 is 0 Å². The van der Waals surface area contributed by atoms with Crippen LogP contribution in [0.25, 0.3) is 11.6 Å². The molecule has 0 spiro atoms. The number of likely N-dealkylation sites (tertiary alicyclic amines) is 1. The van der Waals surface area contributed by atoms with E-state index in [1.54, 1.807) is 10.9 Å². The summed E-state index contributed by atoms with van der Waals surface area (Å²) in [6.45, 7) is 5.32. The van der Waals surface area contributed by atoms with Crippen LogP contribution in [0.15, 0.2) is 22.9 Å². The Labute approximate surface area is 148 Å². The molecule has 0 aliphatic carbocycles. The second kappa shape index (κ2) is 6.40. The monoisotopic (exact) mass is 358 g/mol. The Balaban J connectivity index is 1.46. The lowest BCUT2D eigenvalue weighted by Gasteiger charge is -2.15. The highest BCUT2D eigenvalue weighted by molar-refractivity contribution is 7.13. The number of rotatable bonds is 4. The zero-order valence-electron chi connectivity index (χ0n) is 14.0. The number of thiophene rings is 1.